The summed E-state index contributed by atoms with van der Waals surface area (Å²) in [6.07, 6.45) is 0.993. The first kappa shape index (κ1) is 13.7. The fourth-order valence-corrected chi connectivity index (χ4v) is 3.19. The monoisotopic (exact) mass is 306 g/mol. The second-order valence-electron chi connectivity index (χ2n) is 5.18. The van der Waals surface area contributed by atoms with E-state index in [1.165, 1.54) is 11.1 Å². The van der Waals surface area contributed by atoms with Crippen molar-refractivity contribution in [3.8, 4) is 0 Å². The molecule has 1 aliphatic heterocycles. The lowest BCUT2D eigenvalue weighted by atomic mass is 9.97. The van der Waals surface area contributed by atoms with Crippen LogP contribution in [0, 0.1) is 0 Å². The first-order valence-corrected chi connectivity index (χ1v) is 7.41. The van der Waals surface area contributed by atoms with Gasteiger partial charge in [0.2, 0.25) is 0 Å². The number of rotatable bonds is 2. The molecule has 3 rings (SSSR count). The Bertz CT molecular complexity index is 640. The Kier molecular flexibility index (Phi) is 3.88. The molecule has 0 radical (unpaired) electrons. The number of nitrogens with zero attached hydrogens (tertiary/aromatic N) is 1. The van der Waals surface area contributed by atoms with Crippen molar-refractivity contribution >= 4 is 28.9 Å². The zero-order valence-corrected chi connectivity index (χ0v) is 12.6. The molecule has 2 N–H and O–H groups in total. The van der Waals surface area contributed by atoms with Crippen LogP contribution in [0.1, 0.15) is 16.7 Å². The van der Waals surface area contributed by atoms with E-state index in [2.05, 4.69) is 11.0 Å². The Morgan fingerprint density at radius 2 is 2.00 bits per heavy atom. The van der Waals surface area contributed by atoms with Gasteiger partial charge in [-0.3, -0.25) is 4.90 Å². The minimum Gasteiger partial charge on any atom is -0.398 e. The topological polar surface area (TPSA) is 29.3 Å². The van der Waals surface area contributed by atoms with E-state index < -0.39 is 0 Å². The van der Waals surface area contributed by atoms with Gasteiger partial charge >= 0.3 is 0 Å². The van der Waals surface area contributed by atoms with Crippen molar-refractivity contribution in [3.63, 3.8) is 0 Å². The summed E-state index contributed by atoms with van der Waals surface area (Å²) in [6.45, 7) is 2.75. The summed E-state index contributed by atoms with van der Waals surface area (Å²) in [6, 6.07) is 11.8. The normalized spacial score (nSPS) is 15.1. The largest absolute Gasteiger partial charge is 0.398 e. The smallest absolute Gasteiger partial charge is 0.0465 e. The van der Waals surface area contributed by atoms with E-state index in [1.807, 2.05) is 24.3 Å². The van der Waals surface area contributed by atoms with Gasteiger partial charge in [0.25, 0.3) is 0 Å². The Balaban J connectivity index is 1.77. The maximum absolute atomic E-state index is 6.24. The van der Waals surface area contributed by atoms with Crippen molar-refractivity contribution in [1.82, 2.24) is 4.90 Å². The molecule has 0 saturated carbocycles. The predicted molar refractivity (Wildman–Crippen MR) is 85.1 cm³/mol. The molecule has 104 valence electrons. The van der Waals surface area contributed by atoms with Crippen LogP contribution in [0.4, 0.5) is 5.69 Å². The van der Waals surface area contributed by atoms with Gasteiger partial charge < -0.3 is 5.73 Å². The number of hydrogen-bond donors (Lipinski definition) is 1. The molecule has 1 heterocycles. The van der Waals surface area contributed by atoms with E-state index in [0.717, 1.165) is 42.3 Å². The Morgan fingerprint density at radius 1 is 1.15 bits per heavy atom. The highest BCUT2D eigenvalue weighted by Crippen LogP contribution is 2.27. The van der Waals surface area contributed by atoms with Gasteiger partial charge in [-0.1, -0.05) is 41.4 Å². The molecule has 0 atom stereocenters. The summed E-state index contributed by atoms with van der Waals surface area (Å²) in [7, 11) is 0. The molecule has 2 nitrogen and oxygen atoms in total. The highest BCUT2D eigenvalue weighted by atomic mass is 35.5. The van der Waals surface area contributed by atoms with Crippen LogP contribution in [-0.2, 0) is 19.5 Å². The lowest BCUT2D eigenvalue weighted by Gasteiger charge is -2.29. The van der Waals surface area contributed by atoms with Gasteiger partial charge in [-0.25, -0.2) is 0 Å². The highest BCUT2D eigenvalue weighted by molar-refractivity contribution is 6.35. The molecule has 0 aliphatic carbocycles. The second-order valence-corrected chi connectivity index (χ2v) is 6.02. The molecule has 2 aromatic rings. The maximum Gasteiger partial charge on any atom is 0.0465 e. The summed E-state index contributed by atoms with van der Waals surface area (Å²) in [5.74, 6) is 0. The van der Waals surface area contributed by atoms with Crippen molar-refractivity contribution in [1.29, 1.82) is 0 Å². The third-order valence-electron chi connectivity index (χ3n) is 3.79. The van der Waals surface area contributed by atoms with Crippen molar-refractivity contribution < 1.29 is 0 Å². The van der Waals surface area contributed by atoms with Crippen LogP contribution in [0.25, 0.3) is 0 Å². The van der Waals surface area contributed by atoms with E-state index in [4.69, 9.17) is 28.9 Å². The zero-order valence-electron chi connectivity index (χ0n) is 11.1. The average molecular weight is 307 g/mol. The quantitative estimate of drug-likeness (QED) is 0.845. The van der Waals surface area contributed by atoms with E-state index in [-0.39, 0.29) is 0 Å². The summed E-state index contributed by atoms with van der Waals surface area (Å²) in [5.41, 5.74) is 10.7. The molecule has 1 aliphatic rings. The minimum atomic E-state index is 0.676. The molecule has 0 amide bonds. The van der Waals surface area contributed by atoms with Crippen molar-refractivity contribution in [3.05, 3.63) is 63.1 Å². The van der Waals surface area contributed by atoms with Gasteiger partial charge in [-0.05, 0) is 41.3 Å². The van der Waals surface area contributed by atoms with Crippen LogP contribution in [0.5, 0.6) is 0 Å². The van der Waals surface area contributed by atoms with Crippen molar-refractivity contribution in [2.24, 2.45) is 0 Å². The van der Waals surface area contributed by atoms with E-state index in [0.29, 0.717) is 5.02 Å². The standard InChI is InChI=1S/C16H16Cl2N2/c17-13-5-4-12(15(18)8-13)10-20-7-6-14-11(9-20)2-1-3-16(14)19/h1-5,8H,6-7,9-10,19H2. The first-order chi connectivity index (χ1) is 9.63. The Morgan fingerprint density at radius 3 is 2.80 bits per heavy atom. The minimum absolute atomic E-state index is 0.676. The van der Waals surface area contributed by atoms with Gasteiger partial charge in [0.1, 0.15) is 0 Å². The lowest BCUT2D eigenvalue weighted by molar-refractivity contribution is 0.246. The molecule has 0 saturated heterocycles. The number of anilines is 1. The molecular formula is C16H16Cl2N2. The first-order valence-electron chi connectivity index (χ1n) is 6.66. The molecule has 0 fully saturated rings. The van der Waals surface area contributed by atoms with E-state index in [9.17, 15) is 0 Å². The molecular weight excluding hydrogens is 291 g/mol. The summed E-state index contributed by atoms with van der Waals surface area (Å²) >= 11 is 12.2. The summed E-state index contributed by atoms with van der Waals surface area (Å²) in [4.78, 5) is 2.39. The van der Waals surface area contributed by atoms with Gasteiger partial charge in [0, 0.05) is 35.4 Å². The molecule has 0 unspecified atom stereocenters. The van der Waals surface area contributed by atoms with Gasteiger partial charge in [0.05, 0.1) is 0 Å². The Hall–Kier alpha value is -1.22. The molecule has 2 aromatic carbocycles. The molecule has 20 heavy (non-hydrogen) atoms. The summed E-state index contributed by atoms with van der Waals surface area (Å²) < 4.78 is 0. The second kappa shape index (κ2) is 5.65. The van der Waals surface area contributed by atoms with Crippen LogP contribution in [-0.4, -0.2) is 11.4 Å². The predicted octanol–water partition coefficient (Wildman–Crippen LogP) is 4.13. The van der Waals surface area contributed by atoms with Crippen molar-refractivity contribution in [2.75, 3.05) is 12.3 Å². The SMILES string of the molecule is Nc1cccc2c1CCN(Cc1ccc(Cl)cc1Cl)C2. The molecule has 0 bridgehead atoms. The van der Waals surface area contributed by atoms with Crippen LogP contribution in [0.2, 0.25) is 10.0 Å². The van der Waals surface area contributed by atoms with Crippen LogP contribution < -0.4 is 5.73 Å². The molecule has 0 aromatic heterocycles. The number of hydrogen-bond acceptors (Lipinski definition) is 2. The van der Waals surface area contributed by atoms with E-state index in [1.54, 1.807) is 6.07 Å². The molecule has 4 heteroatoms. The highest BCUT2D eigenvalue weighted by Gasteiger charge is 2.18. The number of fused-ring (bicyclic) bond motifs is 1. The zero-order chi connectivity index (χ0) is 14.1. The van der Waals surface area contributed by atoms with Crippen LogP contribution >= 0.6 is 23.2 Å². The summed E-state index contributed by atoms with van der Waals surface area (Å²) in [5, 5.41) is 1.41. The number of nitrogen functional groups attached to an aromatic ring is 1. The average Bonchev–Trinajstić information content (AvgIpc) is 2.42. The number of nitrogens with two attached hydrogens (primary N) is 1. The van der Waals surface area contributed by atoms with E-state index >= 15 is 0 Å². The third-order valence-corrected chi connectivity index (χ3v) is 4.38. The maximum atomic E-state index is 6.24. The van der Waals surface area contributed by atoms with Crippen molar-refractivity contribution in [2.45, 2.75) is 19.5 Å². The van der Waals surface area contributed by atoms with Crippen LogP contribution in [0.3, 0.4) is 0 Å². The van der Waals surface area contributed by atoms with Gasteiger partial charge in [0.15, 0.2) is 0 Å². The van der Waals surface area contributed by atoms with Crippen LogP contribution in [0.15, 0.2) is 36.4 Å². The number of benzene rings is 2. The fourth-order valence-electron chi connectivity index (χ4n) is 2.72. The molecule has 0 spiro atoms. The third kappa shape index (κ3) is 2.78. The lowest BCUT2D eigenvalue weighted by Crippen LogP contribution is -2.30. The van der Waals surface area contributed by atoms with Gasteiger partial charge in [-0.15, -0.1) is 0 Å². The Labute approximate surface area is 129 Å². The van der Waals surface area contributed by atoms with Gasteiger partial charge in [-0.2, -0.15) is 0 Å². The fraction of sp³-hybridized carbons (Fsp3) is 0.250. The number of halogens is 2.